The topological polar surface area (TPSA) is 28.2 Å². The predicted octanol–water partition coefficient (Wildman–Crippen LogP) is 4.03. The number of anilines is 1. The molecule has 0 saturated carbocycles. The predicted molar refractivity (Wildman–Crippen MR) is 83.8 cm³/mol. The zero-order valence-electron chi connectivity index (χ0n) is 12.7. The van der Waals surface area contributed by atoms with Gasteiger partial charge in [-0.1, -0.05) is 25.4 Å². The molecule has 0 radical (unpaired) electrons. The van der Waals surface area contributed by atoms with E-state index in [9.17, 15) is 0 Å². The van der Waals surface area contributed by atoms with Crippen molar-refractivity contribution >= 4 is 17.4 Å². The van der Waals surface area contributed by atoms with E-state index >= 15 is 0 Å². The third kappa shape index (κ3) is 5.37. The standard InChI is InChI=1S/C15H26ClN3/c1-6-17-15-8-7-13(16)14(18-15)10-19(5)12(4)9-11(2)3/h7-8,11-12H,6,9-10H2,1-5H3,(H,17,18). The number of hydrogen-bond acceptors (Lipinski definition) is 3. The van der Waals surface area contributed by atoms with Crippen LogP contribution in [0.25, 0.3) is 0 Å². The normalized spacial score (nSPS) is 13.1. The van der Waals surface area contributed by atoms with Crippen LogP contribution < -0.4 is 5.32 Å². The van der Waals surface area contributed by atoms with Crippen LogP contribution in [0.5, 0.6) is 0 Å². The van der Waals surface area contributed by atoms with Gasteiger partial charge < -0.3 is 5.32 Å². The SMILES string of the molecule is CCNc1ccc(Cl)c(CN(C)C(C)CC(C)C)n1. The van der Waals surface area contributed by atoms with Crippen LogP contribution in [0.15, 0.2) is 12.1 Å². The first-order valence-corrected chi connectivity index (χ1v) is 7.41. The second kappa shape index (κ2) is 7.71. The number of nitrogens with zero attached hydrogens (tertiary/aromatic N) is 2. The van der Waals surface area contributed by atoms with Gasteiger partial charge in [-0.15, -0.1) is 0 Å². The van der Waals surface area contributed by atoms with Gasteiger partial charge in [0.15, 0.2) is 0 Å². The Balaban J connectivity index is 2.72. The van der Waals surface area contributed by atoms with Gasteiger partial charge in [0.1, 0.15) is 5.82 Å². The summed E-state index contributed by atoms with van der Waals surface area (Å²) in [7, 11) is 2.13. The number of nitrogens with one attached hydrogen (secondary N) is 1. The van der Waals surface area contributed by atoms with E-state index in [4.69, 9.17) is 11.6 Å². The smallest absolute Gasteiger partial charge is 0.126 e. The first kappa shape index (κ1) is 16.3. The van der Waals surface area contributed by atoms with Crippen molar-refractivity contribution in [1.29, 1.82) is 0 Å². The molecular formula is C15H26ClN3. The summed E-state index contributed by atoms with van der Waals surface area (Å²) in [6.07, 6.45) is 1.18. The first-order chi connectivity index (χ1) is 8.93. The van der Waals surface area contributed by atoms with Crippen LogP contribution in [0.4, 0.5) is 5.82 Å². The van der Waals surface area contributed by atoms with Gasteiger partial charge in [-0.05, 0) is 45.4 Å². The lowest BCUT2D eigenvalue weighted by Crippen LogP contribution is -2.30. The Bertz CT molecular complexity index is 393. The Morgan fingerprint density at radius 1 is 1.32 bits per heavy atom. The average molecular weight is 284 g/mol. The molecule has 108 valence electrons. The van der Waals surface area contributed by atoms with Crippen molar-refractivity contribution in [3.05, 3.63) is 22.8 Å². The van der Waals surface area contributed by atoms with Crippen LogP contribution in [0, 0.1) is 5.92 Å². The van der Waals surface area contributed by atoms with E-state index in [1.165, 1.54) is 6.42 Å². The highest BCUT2D eigenvalue weighted by atomic mass is 35.5. The Labute approximate surface area is 122 Å². The zero-order chi connectivity index (χ0) is 14.4. The molecule has 0 saturated heterocycles. The quantitative estimate of drug-likeness (QED) is 0.819. The molecule has 0 aromatic carbocycles. The van der Waals surface area contributed by atoms with E-state index in [-0.39, 0.29) is 0 Å². The summed E-state index contributed by atoms with van der Waals surface area (Å²) in [5, 5.41) is 3.96. The van der Waals surface area contributed by atoms with Crippen molar-refractivity contribution in [2.24, 2.45) is 5.92 Å². The van der Waals surface area contributed by atoms with Crippen LogP contribution in [0.3, 0.4) is 0 Å². The fourth-order valence-corrected chi connectivity index (χ4v) is 2.29. The second-order valence-electron chi connectivity index (χ2n) is 5.55. The Kier molecular flexibility index (Phi) is 6.59. The zero-order valence-corrected chi connectivity index (χ0v) is 13.5. The van der Waals surface area contributed by atoms with Crippen molar-refractivity contribution in [2.45, 2.75) is 46.7 Å². The van der Waals surface area contributed by atoms with Crippen LogP contribution >= 0.6 is 11.6 Å². The maximum Gasteiger partial charge on any atom is 0.126 e. The molecular weight excluding hydrogens is 258 g/mol. The number of aromatic nitrogens is 1. The molecule has 1 N–H and O–H groups in total. The monoisotopic (exact) mass is 283 g/mol. The van der Waals surface area contributed by atoms with Crippen LogP contribution in [-0.4, -0.2) is 29.5 Å². The molecule has 1 heterocycles. The lowest BCUT2D eigenvalue weighted by molar-refractivity contribution is 0.218. The summed E-state index contributed by atoms with van der Waals surface area (Å²) in [5.41, 5.74) is 0.943. The van der Waals surface area contributed by atoms with Gasteiger partial charge in [0.25, 0.3) is 0 Å². The maximum atomic E-state index is 6.23. The molecule has 0 aliphatic carbocycles. The van der Waals surface area contributed by atoms with E-state index in [1.807, 2.05) is 12.1 Å². The summed E-state index contributed by atoms with van der Waals surface area (Å²) in [6, 6.07) is 4.37. The molecule has 3 nitrogen and oxygen atoms in total. The third-order valence-corrected chi connectivity index (χ3v) is 3.58. The largest absolute Gasteiger partial charge is 0.370 e. The fraction of sp³-hybridized carbons (Fsp3) is 0.667. The van der Waals surface area contributed by atoms with Gasteiger partial charge in [0.2, 0.25) is 0 Å². The Morgan fingerprint density at radius 2 is 2.00 bits per heavy atom. The van der Waals surface area contributed by atoms with Gasteiger partial charge in [-0.3, -0.25) is 4.90 Å². The summed E-state index contributed by atoms with van der Waals surface area (Å²) in [5.74, 6) is 1.60. The molecule has 0 aliphatic rings. The first-order valence-electron chi connectivity index (χ1n) is 7.03. The lowest BCUT2D eigenvalue weighted by Gasteiger charge is -2.26. The average Bonchev–Trinajstić information content (AvgIpc) is 2.32. The molecule has 1 rings (SSSR count). The van der Waals surface area contributed by atoms with Crippen molar-refractivity contribution in [1.82, 2.24) is 9.88 Å². The highest BCUT2D eigenvalue weighted by Crippen LogP contribution is 2.20. The minimum atomic E-state index is 0.528. The summed E-state index contributed by atoms with van der Waals surface area (Å²) in [4.78, 5) is 6.89. The summed E-state index contributed by atoms with van der Waals surface area (Å²) < 4.78 is 0. The number of halogens is 1. The molecule has 0 bridgehead atoms. The number of hydrogen-bond donors (Lipinski definition) is 1. The van der Waals surface area contributed by atoms with Gasteiger partial charge in [0, 0.05) is 19.1 Å². The number of rotatable bonds is 7. The fourth-order valence-electron chi connectivity index (χ4n) is 2.13. The van der Waals surface area contributed by atoms with E-state index in [0.717, 1.165) is 29.6 Å². The van der Waals surface area contributed by atoms with Crippen molar-refractivity contribution in [3.8, 4) is 0 Å². The van der Waals surface area contributed by atoms with Crippen LogP contribution in [0.1, 0.15) is 39.8 Å². The molecule has 4 heteroatoms. The minimum Gasteiger partial charge on any atom is -0.370 e. The van der Waals surface area contributed by atoms with Gasteiger partial charge >= 0.3 is 0 Å². The molecule has 1 atom stereocenters. The number of pyridine rings is 1. The molecule has 1 aromatic heterocycles. The Morgan fingerprint density at radius 3 is 2.58 bits per heavy atom. The molecule has 0 spiro atoms. The highest BCUT2D eigenvalue weighted by molar-refractivity contribution is 6.31. The van der Waals surface area contributed by atoms with Crippen molar-refractivity contribution in [3.63, 3.8) is 0 Å². The molecule has 0 aliphatic heterocycles. The van der Waals surface area contributed by atoms with Gasteiger partial charge in [0.05, 0.1) is 10.7 Å². The van der Waals surface area contributed by atoms with Gasteiger partial charge in [-0.25, -0.2) is 4.98 Å². The third-order valence-electron chi connectivity index (χ3n) is 3.24. The summed E-state index contributed by atoms with van der Waals surface area (Å²) >= 11 is 6.23. The molecule has 19 heavy (non-hydrogen) atoms. The van der Waals surface area contributed by atoms with Crippen LogP contribution in [0.2, 0.25) is 5.02 Å². The molecule has 1 aromatic rings. The molecule has 0 amide bonds. The molecule has 0 fully saturated rings. The minimum absolute atomic E-state index is 0.528. The van der Waals surface area contributed by atoms with Gasteiger partial charge in [-0.2, -0.15) is 0 Å². The van der Waals surface area contributed by atoms with E-state index in [2.05, 4.69) is 49.9 Å². The Hall–Kier alpha value is -0.800. The maximum absolute atomic E-state index is 6.23. The lowest BCUT2D eigenvalue weighted by atomic mass is 10.0. The van der Waals surface area contributed by atoms with Crippen LogP contribution in [-0.2, 0) is 6.54 Å². The van der Waals surface area contributed by atoms with Crippen molar-refractivity contribution in [2.75, 3.05) is 18.9 Å². The highest BCUT2D eigenvalue weighted by Gasteiger charge is 2.14. The van der Waals surface area contributed by atoms with E-state index in [0.29, 0.717) is 12.0 Å². The van der Waals surface area contributed by atoms with Crippen molar-refractivity contribution < 1.29 is 0 Å². The second-order valence-corrected chi connectivity index (χ2v) is 5.96. The van der Waals surface area contributed by atoms with E-state index < -0.39 is 0 Å². The molecule has 1 unspecified atom stereocenters. The summed E-state index contributed by atoms with van der Waals surface area (Å²) in [6.45, 7) is 10.5. The van der Waals surface area contributed by atoms with E-state index in [1.54, 1.807) is 0 Å².